The summed E-state index contributed by atoms with van der Waals surface area (Å²) < 4.78 is 11.3. The van der Waals surface area contributed by atoms with E-state index in [9.17, 15) is 4.79 Å². The second kappa shape index (κ2) is 9.44. The molecule has 1 aromatic carbocycles. The Hall–Kier alpha value is -3.68. The monoisotopic (exact) mass is 447 g/mol. The maximum atomic E-state index is 13.6. The molecule has 1 N–H and O–H groups in total. The fraction of sp³-hybridized carbons (Fsp3) is 0.360. The van der Waals surface area contributed by atoms with E-state index in [1.165, 1.54) is 0 Å². The number of pyridine rings is 1. The van der Waals surface area contributed by atoms with Gasteiger partial charge in [-0.3, -0.25) is 14.8 Å². The molecule has 4 rings (SSSR count). The Labute approximate surface area is 194 Å². The number of hydrogen-bond acceptors (Lipinski definition) is 7. The number of aryl methyl sites for hydroxylation is 1. The maximum absolute atomic E-state index is 13.6. The fourth-order valence-electron chi connectivity index (χ4n) is 4.09. The van der Waals surface area contributed by atoms with Crippen LogP contribution < -0.4 is 14.8 Å². The Bertz CT molecular complexity index is 1100. The van der Waals surface area contributed by atoms with Gasteiger partial charge in [0.15, 0.2) is 5.60 Å². The van der Waals surface area contributed by atoms with Gasteiger partial charge in [0.25, 0.3) is 5.91 Å². The molecule has 1 amide bonds. The van der Waals surface area contributed by atoms with E-state index in [2.05, 4.69) is 15.3 Å². The molecule has 0 unspecified atom stereocenters. The van der Waals surface area contributed by atoms with Crippen LogP contribution in [0.4, 0.5) is 11.5 Å². The number of carbonyl (C=O) groups excluding carboxylic acids is 1. The molecule has 172 valence electrons. The molecule has 0 spiro atoms. The maximum Gasteiger partial charge on any atom is 0.266 e. The first kappa shape index (κ1) is 22.5. The molecule has 0 aliphatic carbocycles. The Morgan fingerprint density at radius 2 is 1.91 bits per heavy atom. The molecule has 1 fully saturated rings. The Morgan fingerprint density at radius 1 is 1.15 bits per heavy atom. The molecule has 1 atom stereocenters. The molecular weight excluding hydrogens is 418 g/mol. The van der Waals surface area contributed by atoms with Crippen molar-refractivity contribution in [2.75, 3.05) is 19.0 Å². The van der Waals surface area contributed by atoms with Gasteiger partial charge in [-0.25, -0.2) is 4.98 Å². The molecule has 1 aliphatic heterocycles. The average molecular weight is 448 g/mol. The second-order valence-electron chi connectivity index (χ2n) is 8.58. The largest absolute Gasteiger partial charge is 0.497 e. The van der Waals surface area contributed by atoms with Crippen molar-refractivity contribution in [3.8, 4) is 11.5 Å². The van der Waals surface area contributed by atoms with Gasteiger partial charge in [-0.1, -0.05) is 0 Å². The lowest BCUT2D eigenvalue weighted by Crippen LogP contribution is -2.48. The number of anilines is 2. The molecule has 3 aromatic rings. The van der Waals surface area contributed by atoms with Crippen molar-refractivity contribution in [1.82, 2.24) is 19.9 Å². The number of amides is 1. The molecular formula is C25H29N5O3. The fourth-order valence-corrected chi connectivity index (χ4v) is 4.09. The van der Waals surface area contributed by atoms with Crippen LogP contribution in [-0.2, 0) is 4.79 Å². The van der Waals surface area contributed by atoms with Crippen LogP contribution in [-0.4, -0.2) is 45.0 Å². The summed E-state index contributed by atoms with van der Waals surface area (Å²) in [6.07, 6.45) is 6.70. The summed E-state index contributed by atoms with van der Waals surface area (Å²) in [5.74, 6) is 1.95. The van der Waals surface area contributed by atoms with Gasteiger partial charge in [-0.2, -0.15) is 0 Å². The van der Waals surface area contributed by atoms with Crippen LogP contribution in [0.5, 0.6) is 11.5 Å². The minimum absolute atomic E-state index is 0.0624. The quantitative estimate of drug-likeness (QED) is 0.572. The first-order valence-electron chi connectivity index (χ1n) is 11.0. The Morgan fingerprint density at radius 3 is 2.61 bits per heavy atom. The molecule has 3 heterocycles. The summed E-state index contributed by atoms with van der Waals surface area (Å²) in [5, 5.41) is 3.27. The van der Waals surface area contributed by atoms with E-state index < -0.39 is 5.60 Å². The predicted molar refractivity (Wildman–Crippen MR) is 126 cm³/mol. The number of nitrogens with zero attached hydrogens (tertiary/aromatic N) is 4. The third-order valence-electron chi connectivity index (χ3n) is 5.61. The first-order chi connectivity index (χ1) is 15.9. The van der Waals surface area contributed by atoms with Crippen LogP contribution in [0.1, 0.15) is 44.1 Å². The van der Waals surface area contributed by atoms with Crippen LogP contribution in [0.15, 0.2) is 55.0 Å². The number of nitrogens with one attached hydrogen (secondary N) is 1. The summed E-state index contributed by atoms with van der Waals surface area (Å²) in [4.78, 5) is 28.6. The van der Waals surface area contributed by atoms with Gasteiger partial charge in [0.1, 0.15) is 17.3 Å². The van der Waals surface area contributed by atoms with Crippen molar-refractivity contribution >= 4 is 17.4 Å². The number of carbonyl (C=O) groups is 1. The summed E-state index contributed by atoms with van der Waals surface area (Å²) >= 11 is 0. The van der Waals surface area contributed by atoms with Gasteiger partial charge in [0.05, 0.1) is 25.0 Å². The van der Waals surface area contributed by atoms with E-state index in [4.69, 9.17) is 14.5 Å². The number of methoxy groups -OCH3 is 1. The van der Waals surface area contributed by atoms with E-state index >= 15 is 0 Å². The Balaban J connectivity index is 1.53. The highest BCUT2D eigenvalue weighted by Gasteiger charge is 2.40. The summed E-state index contributed by atoms with van der Waals surface area (Å²) in [6.45, 7) is 6.23. The summed E-state index contributed by atoms with van der Waals surface area (Å²) in [5.41, 5.74) is 1.56. The SMILES string of the molecule is COc1ccc(OC(C)(C)C(=O)N2CCC[C@H]2c2cc(Nc3cnccn3)cc(C)n2)cc1. The lowest BCUT2D eigenvalue weighted by atomic mass is 10.0. The summed E-state index contributed by atoms with van der Waals surface area (Å²) in [6, 6.07) is 11.1. The lowest BCUT2D eigenvalue weighted by molar-refractivity contribution is -0.146. The highest BCUT2D eigenvalue weighted by Crippen LogP contribution is 2.35. The van der Waals surface area contributed by atoms with Crippen molar-refractivity contribution in [3.05, 3.63) is 66.4 Å². The highest BCUT2D eigenvalue weighted by atomic mass is 16.5. The van der Waals surface area contributed by atoms with Crippen LogP contribution in [0.2, 0.25) is 0 Å². The predicted octanol–water partition coefficient (Wildman–Crippen LogP) is 4.45. The smallest absolute Gasteiger partial charge is 0.266 e. The van der Waals surface area contributed by atoms with E-state index in [0.29, 0.717) is 18.1 Å². The molecule has 0 bridgehead atoms. The van der Waals surface area contributed by atoms with Crippen molar-refractivity contribution in [1.29, 1.82) is 0 Å². The van der Waals surface area contributed by atoms with Crippen molar-refractivity contribution < 1.29 is 14.3 Å². The highest BCUT2D eigenvalue weighted by molar-refractivity contribution is 5.85. The van der Waals surface area contributed by atoms with E-state index in [1.54, 1.807) is 39.5 Å². The molecule has 0 saturated carbocycles. The van der Waals surface area contributed by atoms with Crippen LogP contribution in [0, 0.1) is 6.92 Å². The number of likely N-dealkylation sites (tertiary alicyclic amines) is 1. The van der Waals surface area contributed by atoms with Gasteiger partial charge in [-0.15, -0.1) is 0 Å². The van der Waals surface area contributed by atoms with E-state index in [0.717, 1.165) is 35.7 Å². The third-order valence-corrected chi connectivity index (χ3v) is 5.61. The van der Waals surface area contributed by atoms with Gasteiger partial charge >= 0.3 is 0 Å². The number of hydrogen-bond donors (Lipinski definition) is 1. The minimum Gasteiger partial charge on any atom is -0.497 e. The van der Waals surface area contributed by atoms with Crippen LogP contribution in [0.3, 0.4) is 0 Å². The molecule has 1 saturated heterocycles. The van der Waals surface area contributed by atoms with Gasteiger partial charge < -0.3 is 19.7 Å². The van der Waals surface area contributed by atoms with E-state index in [-0.39, 0.29) is 11.9 Å². The van der Waals surface area contributed by atoms with Crippen molar-refractivity contribution in [2.45, 2.75) is 45.3 Å². The van der Waals surface area contributed by atoms with Gasteiger partial charge in [-0.05, 0) is 70.0 Å². The number of benzene rings is 1. The molecule has 8 heteroatoms. The average Bonchev–Trinajstić information content (AvgIpc) is 3.29. The molecule has 2 aromatic heterocycles. The summed E-state index contributed by atoms with van der Waals surface area (Å²) in [7, 11) is 1.62. The normalized spacial score (nSPS) is 15.9. The molecule has 0 radical (unpaired) electrons. The molecule has 8 nitrogen and oxygen atoms in total. The van der Waals surface area contributed by atoms with Crippen LogP contribution in [0.25, 0.3) is 0 Å². The van der Waals surface area contributed by atoms with Crippen molar-refractivity contribution in [3.63, 3.8) is 0 Å². The second-order valence-corrected chi connectivity index (χ2v) is 8.58. The zero-order valence-corrected chi connectivity index (χ0v) is 19.4. The van der Waals surface area contributed by atoms with E-state index in [1.807, 2.05) is 48.2 Å². The molecule has 33 heavy (non-hydrogen) atoms. The topological polar surface area (TPSA) is 89.5 Å². The lowest BCUT2D eigenvalue weighted by Gasteiger charge is -2.33. The van der Waals surface area contributed by atoms with Crippen molar-refractivity contribution in [2.24, 2.45) is 0 Å². The van der Waals surface area contributed by atoms with Crippen LogP contribution >= 0.6 is 0 Å². The zero-order chi connectivity index (χ0) is 23.4. The third kappa shape index (κ3) is 5.22. The van der Waals surface area contributed by atoms with Gasteiger partial charge in [0, 0.05) is 30.3 Å². The zero-order valence-electron chi connectivity index (χ0n) is 19.4. The van der Waals surface area contributed by atoms with Gasteiger partial charge in [0.2, 0.25) is 0 Å². The minimum atomic E-state index is -1.03. The standard InChI is InChI=1S/C25H29N5O3/c1-17-14-18(29-23-16-26-11-12-27-23)15-21(28-17)22-6-5-13-30(22)24(31)25(2,3)33-20-9-7-19(32-4)8-10-20/h7-12,14-16,22H,5-6,13H2,1-4H3,(H,27,28,29)/t22-/m0/s1. The number of aromatic nitrogens is 3. The number of ether oxygens (including phenoxy) is 2. The first-order valence-corrected chi connectivity index (χ1v) is 11.0. The Kier molecular flexibility index (Phi) is 6.44. The number of rotatable bonds is 7. The molecule has 1 aliphatic rings.